The first-order chi connectivity index (χ1) is 7.19. The topological polar surface area (TPSA) is 79.8 Å². The third-order valence-electron chi connectivity index (χ3n) is 2.53. The van der Waals surface area contributed by atoms with Gasteiger partial charge in [0.05, 0.1) is 6.61 Å². The lowest BCUT2D eigenvalue weighted by Gasteiger charge is -2.23. The molecule has 0 N–H and O–H groups in total. The molecule has 1 aliphatic rings. The number of ketones is 1. The summed E-state index contributed by atoms with van der Waals surface area (Å²) < 4.78 is 4.60. The Morgan fingerprint density at radius 3 is 2.53 bits per heavy atom. The zero-order valence-electron chi connectivity index (χ0n) is 8.73. The SMILES string of the molecule is CCOC(=O)C(=[N+]=[N-])C(=O)CC1CCC1. The molecule has 1 aliphatic carbocycles. The minimum atomic E-state index is -0.843. The first-order valence-electron chi connectivity index (χ1n) is 5.11. The maximum absolute atomic E-state index is 11.5. The van der Waals surface area contributed by atoms with Crippen LogP contribution in [-0.4, -0.2) is 28.9 Å². The molecule has 0 aromatic heterocycles. The molecule has 1 fully saturated rings. The number of Topliss-reactive ketones (excluding diaryl/α,β-unsaturated/α-hetero) is 1. The standard InChI is InChI=1S/C10H14N2O3/c1-2-15-10(14)9(12-11)8(13)6-7-4-3-5-7/h7H,2-6H2,1H3. The van der Waals surface area contributed by atoms with Gasteiger partial charge >= 0.3 is 11.7 Å². The Bertz CT molecular complexity index is 315. The number of ether oxygens (including phenoxy) is 1. The van der Waals surface area contributed by atoms with Crippen molar-refractivity contribution in [3.05, 3.63) is 5.53 Å². The molecule has 82 valence electrons. The van der Waals surface area contributed by atoms with Gasteiger partial charge < -0.3 is 10.3 Å². The Morgan fingerprint density at radius 2 is 2.13 bits per heavy atom. The van der Waals surface area contributed by atoms with Crippen LogP contribution in [0.2, 0.25) is 0 Å². The third-order valence-corrected chi connectivity index (χ3v) is 2.53. The van der Waals surface area contributed by atoms with E-state index in [1.807, 2.05) is 0 Å². The van der Waals surface area contributed by atoms with E-state index >= 15 is 0 Å². The number of rotatable bonds is 5. The highest BCUT2D eigenvalue weighted by Gasteiger charge is 2.33. The van der Waals surface area contributed by atoms with Gasteiger partial charge in [-0.1, -0.05) is 6.42 Å². The fourth-order valence-electron chi connectivity index (χ4n) is 1.47. The molecule has 0 spiro atoms. The van der Waals surface area contributed by atoms with Crippen molar-refractivity contribution in [2.45, 2.75) is 32.6 Å². The van der Waals surface area contributed by atoms with E-state index in [0.29, 0.717) is 5.92 Å². The van der Waals surface area contributed by atoms with Gasteiger partial charge in [-0.15, -0.1) is 0 Å². The van der Waals surface area contributed by atoms with E-state index in [1.165, 1.54) is 0 Å². The van der Waals surface area contributed by atoms with Gasteiger partial charge in [0.25, 0.3) is 5.78 Å². The molecule has 0 saturated heterocycles. The van der Waals surface area contributed by atoms with Crippen LogP contribution >= 0.6 is 0 Å². The second-order valence-corrected chi connectivity index (χ2v) is 3.59. The third kappa shape index (κ3) is 2.99. The van der Waals surface area contributed by atoms with Crippen molar-refractivity contribution in [1.82, 2.24) is 0 Å². The predicted molar refractivity (Wildman–Crippen MR) is 52.2 cm³/mol. The fraction of sp³-hybridized carbons (Fsp3) is 0.700. The van der Waals surface area contributed by atoms with E-state index in [4.69, 9.17) is 5.53 Å². The highest BCUT2D eigenvalue weighted by molar-refractivity contribution is 6.62. The summed E-state index contributed by atoms with van der Waals surface area (Å²) in [5.41, 5.74) is 8.08. The van der Waals surface area contributed by atoms with Gasteiger partial charge in [0, 0.05) is 6.42 Å². The average molecular weight is 210 g/mol. The van der Waals surface area contributed by atoms with Gasteiger partial charge in [0.1, 0.15) is 0 Å². The number of hydrogen-bond acceptors (Lipinski definition) is 3. The normalized spacial score (nSPS) is 15.0. The minimum absolute atomic E-state index is 0.161. The summed E-state index contributed by atoms with van der Waals surface area (Å²) in [4.78, 5) is 25.4. The van der Waals surface area contributed by atoms with Crippen LogP contribution in [0, 0.1) is 5.92 Å². The van der Waals surface area contributed by atoms with Gasteiger partial charge in [0.15, 0.2) is 0 Å². The van der Waals surface area contributed by atoms with Crippen LogP contribution < -0.4 is 0 Å². The van der Waals surface area contributed by atoms with E-state index in [0.717, 1.165) is 19.3 Å². The van der Waals surface area contributed by atoms with Crippen molar-refractivity contribution in [1.29, 1.82) is 0 Å². The molecule has 0 unspecified atom stereocenters. The van der Waals surface area contributed by atoms with E-state index in [1.54, 1.807) is 6.92 Å². The predicted octanol–water partition coefficient (Wildman–Crippen LogP) is 0.980. The summed E-state index contributed by atoms with van der Waals surface area (Å²) in [6.45, 7) is 1.79. The molecule has 0 radical (unpaired) electrons. The number of esters is 1. The molecule has 5 heteroatoms. The maximum atomic E-state index is 11.5. The Balaban J connectivity index is 2.54. The van der Waals surface area contributed by atoms with E-state index < -0.39 is 17.5 Å². The Hall–Kier alpha value is -1.48. The molecule has 0 amide bonds. The van der Waals surface area contributed by atoms with Crippen molar-refractivity contribution in [2.75, 3.05) is 6.61 Å². The van der Waals surface area contributed by atoms with Gasteiger partial charge in [-0.2, -0.15) is 4.79 Å². The summed E-state index contributed by atoms with van der Waals surface area (Å²) in [5.74, 6) is -0.936. The van der Waals surface area contributed by atoms with Crippen LogP contribution in [0.4, 0.5) is 0 Å². The lowest BCUT2D eigenvalue weighted by atomic mass is 9.81. The van der Waals surface area contributed by atoms with E-state index in [-0.39, 0.29) is 13.0 Å². The zero-order valence-corrected chi connectivity index (χ0v) is 8.73. The zero-order chi connectivity index (χ0) is 11.3. The quantitative estimate of drug-likeness (QED) is 0.223. The Kier molecular flexibility index (Phi) is 4.18. The molecule has 0 bridgehead atoms. The lowest BCUT2D eigenvalue weighted by Crippen LogP contribution is -2.30. The van der Waals surface area contributed by atoms with Crippen molar-refractivity contribution in [2.24, 2.45) is 5.92 Å². The summed E-state index contributed by atoms with van der Waals surface area (Å²) in [6, 6.07) is 0. The molecule has 0 atom stereocenters. The van der Waals surface area contributed by atoms with Crippen molar-refractivity contribution in [3.8, 4) is 0 Å². The molecular formula is C10H14N2O3. The highest BCUT2D eigenvalue weighted by Crippen LogP contribution is 2.29. The van der Waals surface area contributed by atoms with Crippen LogP contribution in [0.1, 0.15) is 32.6 Å². The largest absolute Gasteiger partial charge is 0.457 e. The lowest BCUT2D eigenvalue weighted by molar-refractivity contribution is -0.142. The number of hydrogen-bond donors (Lipinski definition) is 0. The van der Waals surface area contributed by atoms with Crippen LogP contribution in [0.15, 0.2) is 0 Å². The minimum Gasteiger partial charge on any atom is -0.457 e. The summed E-state index contributed by atoms with van der Waals surface area (Å²) in [6.07, 6.45) is 3.42. The second kappa shape index (κ2) is 5.41. The second-order valence-electron chi connectivity index (χ2n) is 3.59. The van der Waals surface area contributed by atoms with Crippen LogP contribution in [0.25, 0.3) is 5.53 Å². The van der Waals surface area contributed by atoms with Crippen LogP contribution in [0.5, 0.6) is 0 Å². The first-order valence-corrected chi connectivity index (χ1v) is 5.11. The van der Waals surface area contributed by atoms with Crippen molar-refractivity contribution in [3.63, 3.8) is 0 Å². The number of carbonyl (C=O) groups excluding carboxylic acids is 2. The monoisotopic (exact) mass is 210 g/mol. The van der Waals surface area contributed by atoms with Crippen molar-refractivity contribution < 1.29 is 19.1 Å². The smallest absolute Gasteiger partial charge is 0.441 e. The number of carbonyl (C=O) groups is 2. The molecule has 0 heterocycles. The molecule has 5 nitrogen and oxygen atoms in total. The summed E-state index contributed by atoms with van der Waals surface area (Å²) in [7, 11) is 0. The first kappa shape index (κ1) is 11.6. The van der Waals surface area contributed by atoms with Gasteiger partial charge in [-0.05, 0) is 25.7 Å². The molecule has 1 saturated carbocycles. The Labute approximate surface area is 88.0 Å². The highest BCUT2D eigenvalue weighted by atomic mass is 16.5. The Morgan fingerprint density at radius 1 is 1.47 bits per heavy atom. The van der Waals surface area contributed by atoms with Gasteiger partial charge in [-0.3, -0.25) is 4.79 Å². The van der Waals surface area contributed by atoms with E-state index in [9.17, 15) is 9.59 Å². The maximum Gasteiger partial charge on any atom is 0.441 e. The summed E-state index contributed by atoms with van der Waals surface area (Å²) >= 11 is 0. The molecule has 1 rings (SSSR count). The average Bonchev–Trinajstić information content (AvgIpc) is 2.13. The van der Waals surface area contributed by atoms with Crippen LogP contribution in [0.3, 0.4) is 0 Å². The molecule has 0 aliphatic heterocycles. The van der Waals surface area contributed by atoms with Gasteiger partial charge in [-0.25, -0.2) is 4.79 Å². The molecular weight excluding hydrogens is 196 g/mol. The molecule has 0 aromatic rings. The van der Waals surface area contributed by atoms with Crippen LogP contribution in [-0.2, 0) is 14.3 Å². The van der Waals surface area contributed by atoms with Gasteiger partial charge in [0.2, 0.25) is 0 Å². The summed E-state index contributed by atoms with van der Waals surface area (Å²) in [5, 5.41) is 0. The fourth-order valence-corrected chi connectivity index (χ4v) is 1.47. The number of nitrogens with zero attached hydrogens (tertiary/aromatic N) is 2. The van der Waals surface area contributed by atoms with Crippen molar-refractivity contribution >= 4 is 17.5 Å². The van der Waals surface area contributed by atoms with E-state index in [2.05, 4.69) is 9.53 Å². The molecule has 15 heavy (non-hydrogen) atoms. The molecule has 0 aromatic carbocycles.